The molecule has 0 saturated carbocycles. The molecule has 0 fully saturated rings. The van der Waals surface area contributed by atoms with Gasteiger partial charge in [-0.25, -0.2) is 0 Å². The van der Waals surface area contributed by atoms with Crippen LogP contribution in [0.5, 0.6) is 11.5 Å². The lowest BCUT2D eigenvalue weighted by molar-refractivity contribution is 0.487. The van der Waals surface area contributed by atoms with Crippen molar-refractivity contribution < 1.29 is 4.74 Å². The molecule has 0 bridgehead atoms. The summed E-state index contributed by atoms with van der Waals surface area (Å²) in [7, 11) is -2.63. The molecule has 0 unspecified atom stereocenters. The van der Waals surface area contributed by atoms with Crippen LogP contribution in [-0.4, -0.2) is 8.07 Å². The Balaban J connectivity index is 1.46. The molecule has 2 heterocycles. The van der Waals surface area contributed by atoms with E-state index < -0.39 is 8.07 Å². The van der Waals surface area contributed by atoms with E-state index in [2.05, 4.69) is 157 Å². The van der Waals surface area contributed by atoms with Gasteiger partial charge in [-0.05, 0) is 80.4 Å². The van der Waals surface area contributed by atoms with Crippen molar-refractivity contribution >= 4 is 45.9 Å². The minimum absolute atomic E-state index is 0.971. The van der Waals surface area contributed by atoms with Crippen LogP contribution >= 0.6 is 0 Å². The Labute approximate surface area is 229 Å². The number of para-hydroxylation sites is 4. The first-order chi connectivity index (χ1) is 19.4. The van der Waals surface area contributed by atoms with Gasteiger partial charge in [-0.2, -0.15) is 0 Å². The zero-order valence-corrected chi connectivity index (χ0v) is 22.3. The van der Waals surface area contributed by atoms with Crippen LogP contribution in [0.15, 0.2) is 152 Å². The van der Waals surface area contributed by atoms with Crippen LogP contribution in [0.25, 0.3) is 11.1 Å². The summed E-state index contributed by atoms with van der Waals surface area (Å²) in [6.07, 6.45) is 0. The number of benzene rings is 6. The van der Waals surface area contributed by atoms with E-state index in [0.29, 0.717) is 0 Å². The molecule has 0 N–H and O–H groups in total. The van der Waals surface area contributed by atoms with Crippen LogP contribution in [-0.2, 0) is 0 Å². The second kappa shape index (κ2) is 8.59. The number of fused-ring (bicyclic) bond motifs is 9. The summed E-state index contributed by atoms with van der Waals surface area (Å²) < 4.78 is 6.53. The monoisotopic (exact) mass is 515 g/mol. The first kappa shape index (κ1) is 22.2. The average Bonchev–Trinajstić information content (AvgIpc) is 3.29. The van der Waals surface area contributed by atoms with E-state index in [4.69, 9.17) is 4.74 Å². The lowest BCUT2D eigenvalue weighted by Crippen LogP contribution is -2.74. The summed E-state index contributed by atoms with van der Waals surface area (Å²) in [5.74, 6) is 1.94. The van der Waals surface area contributed by atoms with Gasteiger partial charge >= 0.3 is 0 Å². The van der Waals surface area contributed by atoms with Crippen LogP contribution < -0.4 is 30.4 Å². The van der Waals surface area contributed by atoms with Crippen molar-refractivity contribution in [1.29, 1.82) is 0 Å². The SMILES string of the molecule is c1ccc(N(c2ccccc2)c2ccc3c(c2)[Si]2(c4ccccc4Oc4ccccc42)c2ccccc2-3)cc1. The molecule has 6 aromatic rings. The highest BCUT2D eigenvalue weighted by Gasteiger charge is 2.53. The molecule has 0 saturated heterocycles. The molecule has 0 aromatic heterocycles. The molecular formula is C36H25NOSi. The van der Waals surface area contributed by atoms with Crippen molar-refractivity contribution in [1.82, 2.24) is 0 Å². The lowest BCUT2D eigenvalue weighted by atomic mass is 10.0. The third-order valence-corrected chi connectivity index (χ3v) is 13.0. The molecule has 0 atom stereocenters. The van der Waals surface area contributed by atoms with Crippen molar-refractivity contribution in [2.75, 3.05) is 4.90 Å². The van der Waals surface area contributed by atoms with E-state index >= 15 is 0 Å². The van der Waals surface area contributed by atoms with E-state index in [9.17, 15) is 0 Å². The molecule has 0 aliphatic carbocycles. The highest BCUT2D eigenvalue weighted by atomic mass is 28.3. The summed E-state index contributed by atoms with van der Waals surface area (Å²) in [5.41, 5.74) is 6.11. The maximum atomic E-state index is 6.53. The number of nitrogens with zero attached hydrogens (tertiary/aromatic N) is 1. The van der Waals surface area contributed by atoms with Crippen molar-refractivity contribution in [3.8, 4) is 22.6 Å². The van der Waals surface area contributed by atoms with E-state index in [-0.39, 0.29) is 0 Å². The summed E-state index contributed by atoms with van der Waals surface area (Å²) in [5, 5.41) is 5.49. The summed E-state index contributed by atoms with van der Waals surface area (Å²) in [6, 6.07) is 54.7. The van der Waals surface area contributed by atoms with Crippen molar-refractivity contribution in [2.45, 2.75) is 0 Å². The Morgan fingerprint density at radius 1 is 0.385 bits per heavy atom. The zero-order chi connectivity index (χ0) is 25.8. The molecule has 2 aliphatic rings. The standard InChI is InChI=1S/C36H25NOSi/c1-3-13-26(14-4-1)37(27-15-5-2-6-16-27)28-23-24-30-29-17-7-10-20-33(29)39(36(30)25-28)34-21-11-8-18-31(34)38-32-19-9-12-22-35(32)39/h1-25H. The third kappa shape index (κ3) is 3.14. The molecule has 2 nitrogen and oxygen atoms in total. The molecule has 0 radical (unpaired) electrons. The van der Waals surface area contributed by atoms with E-state index in [1.54, 1.807) is 0 Å². The van der Waals surface area contributed by atoms with Crippen molar-refractivity contribution in [2.24, 2.45) is 0 Å². The fraction of sp³-hybridized carbons (Fsp3) is 0. The quantitative estimate of drug-likeness (QED) is 0.245. The van der Waals surface area contributed by atoms with Crippen LogP contribution in [0.1, 0.15) is 0 Å². The normalized spacial score (nSPS) is 13.5. The molecule has 3 heteroatoms. The Kier molecular flexibility index (Phi) is 4.88. The molecule has 2 aliphatic heterocycles. The van der Waals surface area contributed by atoms with Crippen molar-refractivity contribution in [3.63, 3.8) is 0 Å². The van der Waals surface area contributed by atoms with Crippen LogP contribution in [0, 0.1) is 0 Å². The van der Waals surface area contributed by atoms with Gasteiger partial charge in [0.05, 0.1) is 0 Å². The van der Waals surface area contributed by atoms with Gasteiger partial charge in [-0.1, -0.05) is 103 Å². The van der Waals surface area contributed by atoms with Crippen molar-refractivity contribution in [3.05, 3.63) is 152 Å². The topological polar surface area (TPSA) is 12.5 Å². The van der Waals surface area contributed by atoms with Gasteiger partial charge in [-0.3, -0.25) is 0 Å². The summed E-state index contributed by atoms with van der Waals surface area (Å²) >= 11 is 0. The Morgan fingerprint density at radius 3 is 1.49 bits per heavy atom. The van der Waals surface area contributed by atoms with Gasteiger partial charge < -0.3 is 9.64 Å². The summed E-state index contributed by atoms with van der Waals surface area (Å²) in [4.78, 5) is 2.36. The smallest absolute Gasteiger partial charge is 0.189 e. The molecular weight excluding hydrogens is 490 g/mol. The second-order valence-electron chi connectivity index (χ2n) is 10.1. The Morgan fingerprint density at radius 2 is 0.872 bits per heavy atom. The number of anilines is 3. The predicted molar refractivity (Wildman–Crippen MR) is 164 cm³/mol. The lowest BCUT2D eigenvalue weighted by Gasteiger charge is -2.37. The van der Waals surface area contributed by atoms with E-state index in [1.807, 2.05) is 0 Å². The van der Waals surface area contributed by atoms with Crippen LogP contribution in [0.4, 0.5) is 17.1 Å². The molecule has 6 aromatic carbocycles. The fourth-order valence-corrected chi connectivity index (χ4v) is 12.0. The van der Waals surface area contributed by atoms with Gasteiger partial charge in [0.2, 0.25) is 0 Å². The van der Waals surface area contributed by atoms with Gasteiger partial charge in [-0.15, -0.1) is 0 Å². The van der Waals surface area contributed by atoms with E-state index in [1.165, 1.54) is 31.9 Å². The van der Waals surface area contributed by atoms with Gasteiger partial charge in [0, 0.05) is 17.1 Å². The maximum Gasteiger partial charge on any atom is 0.189 e. The molecule has 184 valence electrons. The molecule has 0 amide bonds. The number of hydrogen-bond donors (Lipinski definition) is 0. The van der Waals surface area contributed by atoms with Crippen LogP contribution in [0.3, 0.4) is 0 Å². The highest BCUT2D eigenvalue weighted by Crippen LogP contribution is 2.39. The minimum atomic E-state index is -2.63. The molecule has 8 rings (SSSR count). The fourth-order valence-electron chi connectivity index (χ4n) is 6.58. The third-order valence-electron chi connectivity index (χ3n) is 8.12. The second-order valence-corrected chi connectivity index (χ2v) is 13.8. The number of rotatable bonds is 3. The first-order valence-electron chi connectivity index (χ1n) is 13.4. The van der Waals surface area contributed by atoms with E-state index in [0.717, 1.165) is 28.6 Å². The van der Waals surface area contributed by atoms with Gasteiger partial charge in [0.25, 0.3) is 0 Å². The minimum Gasteiger partial charge on any atom is -0.458 e. The maximum absolute atomic E-state index is 6.53. The van der Waals surface area contributed by atoms with Gasteiger partial charge in [0.15, 0.2) is 8.07 Å². The first-order valence-corrected chi connectivity index (χ1v) is 15.4. The average molecular weight is 516 g/mol. The van der Waals surface area contributed by atoms with Gasteiger partial charge in [0.1, 0.15) is 11.5 Å². The highest BCUT2D eigenvalue weighted by molar-refractivity contribution is 7.23. The molecule has 39 heavy (non-hydrogen) atoms. The number of hydrogen-bond acceptors (Lipinski definition) is 2. The molecule has 1 spiro atoms. The largest absolute Gasteiger partial charge is 0.458 e. The predicted octanol–water partition coefficient (Wildman–Crippen LogP) is 6.62. The Bertz CT molecular complexity index is 1760. The zero-order valence-electron chi connectivity index (χ0n) is 21.3. The summed E-state index contributed by atoms with van der Waals surface area (Å²) in [6.45, 7) is 0. The number of ether oxygens (including phenoxy) is 1. The Hall–Kier alpha value is -4.86. The van der Waals surface area contributed by atoms with Crippen LogP contribution in [0.2, 0.25) is 0 Å².